The molecule has 0 N–H and O–H groups in total. The van der Waals surface area contributed by atoms with Gasteiger partial charge < -0.3 is 0 Å². The van der Waals surface area contributed by atoms with Crippen LogP contribution in [0.15, 0.2) is 0 Å². The molecule has 0 aliphatic carbocycles. The molecule has 0 amide bonds. The van der Waals surface area contributed by atoms with Crippen molar-refractivity contribution in [2.75, 3.05) is 0 Å². The van der Waals surface area contributed by atoms with Gasteiger partial charge in [0.05, 0.1) is 0 Å². The molecule has 16 heavy (non-hydrogen) atoms. The van der Waals surface area contributed by atoms with Crippen molar-refractivity contribution in [3.05, 3.63) is 33.4 Å². The first-order valence-corrected chi connectivity index (χ1v) is 6.32. The van der Waals surface area contributed by atoms with E-state index < -0.39 is 0 Å². The summed E-state index contributed by atoms with van der Waals surface area (Å²) in [4.78, 5) is 12.2. The molecule has 1 aromatic rings. The third-order valence-corrected chi connectivity index (χ3v) is 3.96. The van der Waals surface area contributed by atoms with E-state index in [0.29, 0.717) is 0 Å². The molecular weight excluding hydrogens is 215 g/mol. The van der Waals surface area contributed by atoms with Gasteiger partial charge in [0.2, 0.25) is 0 Å². The second kappa shape index (κ2) is 4.67. The lowest BCUT2D eigenvalue weighted by molar-refractivity contribution is 0.0992. The van der Waals surface area contributed by atoms with Gasteiger partial charge >= 0.3 is 0 Å². The Morgan fingerprint density at radius 1 is 0.875 bits per heavy atom. The van der Waals surface area contributed by atoms with Crippen LogP contribution in [0.3, 0.4) is 0 Å². The minimum Gasteiger partial charge on any atom is -0.293 e. The molecule has 0 aliphatic rings. The zero-order valence-electron chi connectivity index (χ0n) is 11.1. The summed E-state index contributed by atoms with van der Waals surface area (Å²) in [5.41, 5.74) is 6.99. The van der Waals surface area contributed by atoms with Crippen molar-refractivity contribution in [2.24, 2.45) is 0 Å². The lowest BCUT2D eigenvalue weighted by Crippen LogP contribution is -2.16. The van der Waals surface area contributed by atoms with Gasteiger partial charge in [0.25, 0.3) is 0 Å². The highest BCUT2D eigenvalue weighted by Gasteiger charge is 2.19. The predicted molar refractivity (Wildman–Crippen MR) is 73.6 cm³/mol. The van der Waals surface area contributed by atoms with Gasteiger partial charge in [0.15, 0.2) is 5.78 Å². The second-order valence-corrected chi connectivity index (χ2v) is 5.65. The summed E-state index contributed by atoms with van der Waals surface area (Å²) in [5, 5.41) is 0. The zero-order chi connectivity index (χ0) is 12.6. The van der Waals surface area contributed by atoms with E-state index in [-0.39, 0.29) is 11.4 Å². The van der Waals surface area contributed by atoms with Gasteiger partial charge in [-0.05, 0) is 62.4 Å². The average Bonchev–Trinajstić information content (AvgIpc) is 2.23. The molecule has 0 saturated heterocycles. The van der Waals surface area contributed by atoms with Gasteiger partial charge in [-0.3, -0.25) is 4.79 Å². The molecule has 0 spiro atoms. The SMILES string of the molecule is Cc1c(C)c(C)c(C(=O)C(C)P)c(C)c1C. The standard InChI is InChI=1S/C14H21OP/c1-7-8(2)10(4)13(11(5)9(7)3)14(15)12(6)16/h12H,16H2,1-6H3. The zero-order valence-corrected chi connectivity index (χ0v) is 12.2. The quantitative estimate of drug-likeness (QED) is 0.565. The molecule has 88 valence electrons. The Labute approximate surface area is 101 Å². The Balaban J connectivity index is 3.58. The second-order valence-electron chi connectivity index (χ2n) is 4.65. The van der Waals surface area contributed by atoms with Gasteiger partial charge in [-0.15, -0.1) is 9.24 Å². The minimum absolute atomic E-state index is 0.0149. The Morgan fingerprint density at radius 2 is 1.19 bits per heavy atom. The lowest BCUT2D eigenvalue weighted by atomic mass is 9.87. The summed E-state index contributed by atoms with van der Waals surface area (Å²) in [6, 6.07) is 0. The Hall–Kier alpha value is -0.680. The van der Waals surface area contributed by atoms with Crippen LogP contribution in [0, 0.1) is 34.6 Å². The Bertz CT molecular complexity index is 416. The number of rotatable bonds is 2. The molecule has 0 aromatic heterocycles. The van der Waals surface area contributed by atoms with Crippen LogP contribution in [0.25, 0.3) is 0 Å². The van der Waals surface area contributed by atoms with E-state index in [1.807, 2.05) is 6.92 Å². The largest absolute Gasteiger partial charge is 0.293 e. The maximum atomic E-state index is 12.2. The lowest BCUT2D eigenvalue weighted by Gasteiger charge is -2.18. The number of ketones is 1. The molecule has 0 heterocycles. The van der Waals surface area contributed by atoms with Gasteiger partial charge in [-0.25, -0.2) is 0 Å². The maximum absolute atomic E-state index is 12.2. The molecule has 1 rings (SSSR count). The fourth-order valence-electron chi connectivity index (χ4n) is 2.10. The minimum atomic E-state index is -0.0149. The van der Waals surface area contributed by atoms with E-state index in [9.17, 15) is 4.79 Å². The smallest absolute Gasteiger partial charge is 0.169 e. The number of benzene rings is 1. The van der Waals surface area contributed by atoms with Crippen molar-refractivity contribution in [1.29, 1.82) is 0 Å². The fourth-order valence-corrected chi connectivity index (χ4v) is 2.26. The molecule has 1 nitrogen and oxygen atoms in total. The highest BCUT2D eigenvalue weighted by molar-refractivity contribution is 7.19. The molecule has 0 radical (unpaired) electrons. The van der Waals surface area contributed by atoms with Crippen molar-refractivity contribution in [2.45, 2.75) is 47.2 Å². The van der Waals surface area contributed by atoms with Crippen LogP contribution in [0.5, 0.6) is 0 Å². The summed E-state index contributed by atoms with van der Waals surface area (Å²) < 4.78 is 0. The van der Waals surface area contributed by atoms with Crippen LogP contribution in [0.4, 0.5) is 0 Å². The molecule has 2 atom stereocenters. The number of carbonyl (C=O) groups excluding carboxylic acids is 1. The van der Waals surface area contributed by atoms with Crippen molar-refractivity contribution in [3.8, 4) is 0 Å². The first-order chi connectivity index (χ1) is 7.29. The highest BCUT2D eigenvalue weighted by Crippen LogP contribution is 2.27. The van der Waals surface area contributed by atoms with Crippen LogP contribution in [-0.4, -0.2) is 11.4 Å². The van der Waals surface area contributed by atoms with Crippen molar-refractivity contribution < 1.29 is 4.79 Å². The summed E-state index contributed by atoms with van der Waals surface area (Å²) in [5.74, 6) is 0.228. The summed E-state index contributed by atoms with van der Waals surface area (Å²) >= 11 is 0. The highest BCUT2D eigenvalue weighted by atomic mass is 31.0. The van der Waals surface area contributed by atoms with Gasteiger partial charge in [-0.1, -0.05) is 6.92 Å². The third kappa shape index (κ3) is 2.06. The molecule has 0 saturated carbocycles. The van der Waals surface area contributed by atoms with Gasteiger partial charge in [0, 0.05) is 11.2 Å². The Morgan fingerprint density at radius 3 is 1.50 bits per heavy atom. The first kappa shape index (κ1) is 13.4. The Kier molecular flexibility index (Phi) is 3.91. The molecule has 2 unspecified atom stereocenters. The monoisotopic (exact) mass is 236 g/mol. The van der Waals surface area contributed by atoms with E-state index in [0.717, 1.165) is 16.7 Å². The van der Waals surface area contributed by atoms with Crippen LogP contribution >= 0.6 is 9.24 Å². The molecule has 1 aromatic carbocycles. The number of carbonyl (C=O) groups is 1. The van der Waals surface area contributed by atoms with Crippen molar-refractivity contribution in [1.82, 2.24) is 0 Å². The van der Waals surface area contributed by atoms with E-state index in [2.05, 4.69) is 43.9 Å². The predicted octanol–water partition coefficient (Wildman–Crippen LogP) is 3.68. The molecule has 0 fully saturated rings. The average molecular weight is 236 g/mol. The van der Waals surface area contributed by atoms with E-state index in [1.165, 1.54) is 16.7 Å². The number of hydrogen-bond donors (Lipinski definition) is 0. The number of Topliss-reactive ketones (excluding diaryl/α,β-unsaturated/α-hetero) is 1. The van der Waals surface area contributed by atoms with Crippen LogP contribution in [-0.2, 0) is 0 Å². The van der Waals surface area contributed by atoms with Crippen LogP contribution in [0.1, 0.15) is 45.1 Å². The van der Waals surface area contributed by atoms with Gasteiger partial charge in [0.1, 0.15) is 0 Å². The van der Waals surface area contributed by atoms with Gasteiger partial charge in [-0.2, -0.15) is 0 Å². The third-order valence-electron chi connectivity index (χ3n) is 3.66. The molecular formula is C14H21OP. The summed E-state index contributed by atoms with van der Waals surface area (Å²) in [7, 11) is 2.59. The molecule has 2 heteroatoms. The summed E-state index contributed by atoms with van der Waals surface area (Å²) in [6.07, 6.45) is 0. The molecule has 0 bridgehead atoms. The topological polar surface area (TPSA) is 17.1 Å². The molecule has 0 aliphatic heterocycles. The summed E-state index contributed by atoms with van der Waals surface area (Å²) in [6.45, 7) is 12.4. The number of hydrogen-bond acceptors (Lipinski definition) is 1. The first-order valence-electron chi connectivity index (χ1n) is 5.65. The van der Waals surface area contributed by atoms with E-state index in [1.54, 1.807) is 0 Å². The van der Waals surface area contributed by atoms with Crippen molar-refractivity contribution >= 4 is 15.0 Å². The van der Waals surface area contributed by atoms with E-state index >= 15 is 0 Å². The van der Waals surface area contributed by atoms with Crippen molar-refractivity contribution in [3.63, 3.8) is 0 Å². The van der Waals surface area contributed by atoms with Crippen LogP contribution < -0.4 is 0 Å². The van der Waals surface area contributed by atoms with Crippen LogP contribution in [0.2, 0.25) is 0 Å². The van der Waals surface area contributed by atoms with E-state index in [4.69, 9.17) is 0 Å². The maximum Gasteiger partial charge on any atom is 0.169 e. The normalized spacial score (nSPS) is 12.7. The fraction of sp³-hybridized carbons (Fsp3) is 0.500.